The molecule has 0 radical (unpaired) electrons. The van der Waals surface area contributed by atoms with Crippen molar-refractivity contribution in [3.05, 3.63) is 70.3 Å². The number of ketones is 1. The second kappa shape index (κ2) is 6.03. The zero-order valence-corrected chi connectivity index (χ0v) is 16.5. The van der Waals surface area contributed by atoms with Gasteiger partial charge in [-0.2, -0.15) is 0 Å². The summed E-state index contributed by atoms with van der Waals surface area (Å²) in [6.07, 6.45) is 2.10. The summed E-state index contributed by atoms with van der Waals surface area (Å²) in [5.41, 5.74) is 3.78. The van der Waals surface area contributed by atoms with Crippen molar-refractivity contribution >= 4 is 11.9 Å². The van der Waals surface area contributed by atoms with Crippen molar-refractivity contribution in [2.45, 2.75) is 39.1 Å². The van der Waals surface area contributed by atoms with Crippen molar-refractivity contribution in [1.82, 2.24) is 0 Å². The highest BCUT2D eigenvalue weighted by molar-refractivity contribution is 6.09. The molecule has 144 valence electrons. The third-order valence-electron chi connectivity index (χ3n) is 5.82. The fraction of sp³-hybridized carbons (Fsp3) is 0.375. The van der Waals surface area contributed by atoms with Gasteiger partial charge in [0.25, 0.3) is 0 Å². The van der Waals surface area contributed by atoms with Crippen molar-refractivity contribution in [3.63, 3.8) is 0 Å². The molecule has 1 fully saturated rings. The second-order valence-electron chi connectivity index (χ2n) is 8.83. The molecule has 5 rings (SSSR count). The highest BCUT2D eigenvalue weighted by atomic mass is 16.7. The van der Waals surface area contributed by atoms with E-state index in [1.165, 1.54) is 0 Å². The smallest absolute Gasteiger partial charge is 0.207 e. The third kappa shape index (κ3) is 2.63. The first-order valence-corrected chi connectivity index (χ1v) is 9.76. The van der Waals surface area contributed by atoms with Gasteiger partial charge in [-0.1, -0.05) is 44.2 Å². The van der Waals surface area contributed by atoms with Gasteiger partial charge in [-0.15, -0.1) is 0 Å². The summed E-state index contributed by atoms with van der Waals surface area (Å²) in [6, 6.07) is 14.0. The van der Waals surface area contributed by atoms with Crippen LogP contribution in [-0.4, -0.2) is 19.0 Å². The number of benzene rings is 2. The average Bonchev–Trinajstić information content (AvgIpc) is 3.06. The summed E-state index contributed by atoms with van der Waals surface area (Å²) < 4.78 is 18.2. The van der Waals surface area contributed by atoms with Crippen molar-refractivity contribution in [1.29, 1.82) is 0 Å². The number of carbonyl (C=O) groups excluding carboxylic acids is 1. The standard InChI is InChI=1S/C24H24O4/c1-15-10-16-6-4-5-7-19(16)24(21(15)25)12-18-11-17(8-9-20(18)28-24)22-26-13-23(2,3)14-27-22/h4-11,22H,12-14H2,1-3H3/t24-/m1/s1. The largest absolute Gasteiger partial charge is 0.474 e. The van der Waals surface area contributed by atoms with Gasteiger partial charge in [-0.3, -0.25) is 4.79 Å². The van der Waals surface area contributed by atoms with Crippen LogP contribution in [0.3, 0.4) is 0 Å². The molecule has 0 bridgehead atoms. The molecule has 0 N–H and O–H groups in total. The Morgan fingerprint density at radius 2 is 1.79 bits per heavy atom. The summed E-state index contributed by atoms with van der Waals surface area (Å²) in [6.45, 7) is 7.44. The summed E-state index contributed by atoms with van der Waals surface area (Å²) in [7, 11) is 0. The monoisotopic (exact) mass is 376 g/mol. The van der Waals surface area contributed by atoms with E-state index in [1.54, 1.807) is 0 Å². The van der Waals surface area contributed by atoms with E-state index < -0.39 is 5.60 Å². The molecule has 4 heteroatoms. The van der Waals surface area contributed by atoms with Crippen molar-refractivity contribution in [2.24, 2.45) is 5.41 Å². The molecule has 2 heterocycles. The molecule has 0 amide bonds. The summed E-state index contributed by atoms with van der Waals surface area (Å²) >= 11 is 0. The van der Waals surface area contributed by atoms with E-state index in [-0.39, 0.29) is 17.5 Å². The van der Waals surface area contributed by atoms with E-state index in [9.17, 15) is 4.79 Å². The molecule has 3 aliphatic rings. The van der Waals surface area contributed by atoms with Crippen LogP contribution in [0.5, 0.6) is 5.75 Å². The summed E-state index contributed by atoms with van der Waals surface area (Å²) in [5, 5.41) is 0. The van der Waals surface area contributed by atoms with Crippen molar-refractivity contribution in [2.75, 3.05) is 13.2 Å². The molecule has 2 aliphatic heterocycles. The van der Waals surface area contributed by atoms with Crippen LogP contribution in [0.1, 0.15) is 49.3 Å². The molecule has 4 nitrogen and oxygen atoms in total. The lowest BCUT2D eigenvalue weighted by Gasteiger charge is -2.34. The van der Waals surface area contributed by atoms with E-state index in [0.29, 0.717) is 19.6 Å². The van der Waals surface area contributed by atoms with Gasteiger partial charge >= 0.3 is 0 Å². The number of Topliss-reactive ketones (excluding diaryl/α,β-unsaturated/α-hetero) is 1. The minimum atomic E-state index is -0.966. The van der Waals surface area contributed by atoms with Crippen LogP contribution in [0, 0.1) is 5.41 Å². The Labute approximate surface area is 165 Å². The van der Waals surface area contributed by atoms with E-state index >= 15 is 0 Å². The minimum Gasteiger partial charge on any atom is -0.474 e. The molecule has 0 aromatic heterocycles. The van der Waals surface area contributed by atoms with Crippen LogP contribution in [0.15, 0.2) is 48.0 Å². The molecule has 1 saturated heterocycles. The van der Waals surface area contributed by atoms with Gasteiger partial charge in [0.1, 0.15) is 5.75 Å². The normalized spacial score (nSPS) is 25.8. The van der Waals surface area contributed by atoms with Gasteiger partial charge in [0.2, 0.25) is 11.4 Å². The number of carbonyl (C=O) groups is 1. The number of ether oxygens (including phenoxy) is 3. The molecule has 2 aromatic carbocycles. The Hall–Kier alpha value is -2.43. The molecular weight excluding hydrogens is 352 g/mol. The van der Waals surface area contributed by atoms with Crippen LogP contribution in [0.4, 0.5) is 0 Å². The number of hydrogen-bond donors (Lipinski definition) is 0. The lowest BCUT2D eigenvalue weighted by molar-refractivity contribution is -0.226. The Bertz CT molecular complexity index is 993. The molecule has 2 aromatic rings. The van der Waals surface area contributed by atoms with Gasteiger partial charge in [0.05, 0.1) is 13.2 Å². The zero-order valence-electron chi connectivity index (χ0n) is 16.5. The van der Waals surface area contributed by atoms with Gasteiger partial charge in [0.15, 0.2) is 6.29 Å². The van der Waals surface area contributed by atoms with Crippen molar-refractivity contribution in [3.8, 4) is 5.75 Å². The summed E-state index contributed by atoms with van der Waals surface area (Å²) in [5.74, 6) is 0.800. The fourth-order valence-electron chi connectivity index (χ4n) is 4.37. The number of rotatable bonds is 1. The van der Waals surface area contributed by atoms with Gasteiger partial charge in [-0.05, 0) is 41.8 Å². The van der Waals surface area contributed by atoms with Crippen LogP contribution < -0.4 is 4.74 Å². The van der Waals surface area contributed by atoms with E-state index in [1.807, 2.05) is 49.4 Å². The van der Waals surface area contributed by atoms with E-state index in [2.05, 4.69) is 19.9 Å². The predicted octanol–water partition coefficient (Wildman–Crippen LogP) is 4.57. The number of hydrogen-bond acceptors (Lipinski definition) is 4. The van der Waals surface area contributed by atoms with Gasteiger partial charge in [-0.25, -0.2) is 0 Å². The molecule has 1 aliphatic carbocycles. The number of fused-ring (bicyclic) bond motifs is 3. The molecule has 1 atom stereocenters. The third-order valence-corrected chi connectivity index (χ3v) is 5.82. The molecule has 0 saturated carbocycles. The van der Waals surface area contributed by atoms with Crippen LogP contribution in [0.2, 0.25) is 0 Å². The maximum absolute atomic E-state index is 13.2. The SMILES string of the molecule is CC1=Cc2ccccc2[C@]2(Cc3cc(C4OCC(C)(C)CO4)ccc3O2)C1=O. The van der Waals surface area contributed by atoms with E-state index in [0.717, 1.165) is 33.6 Å². The molecular formula is C24H24O4. The topological polar surface area (TPSA) is 44.8 Å². The lowest BCUT2D eigenvalue weighted by atomic mass is 9.76. The van der Waals surface area contributed by atoms with Crippen LogP contribution in [-0.2, 0) is 26.3 Å². The molecule has 28 heavy (non-hydrogen) atoms. The van der Waals surface area contributed by atoms with Crippen molar-refractivity contribution < 1.29 is 19.0 Å². The van der Waals surface area contributed by atoms with Crippen LogP contribution in [0.25, 0.3) is 6.08 Å². The quantitative estimate of drug-likeness (QED) is 0.731. The van der Waals surface area contributed by atoms with E-state index in [4.69, 9.17) is 14.2 Å². The maximum Gasteiger partial charge on any atom is 0.207 e. The average molecular weight is 376 g/mol. The second-order valence-corrected chi connectivity index (χ2v) is 8.83. The molecule has 1 spiro atoms. The van der Waals surface area contributed by atoms with Gasteiger partial charge < -0.3 is 14.2 Å². The summed E-state index contributed by atoms with van der Waals surface area (Å²) in [4.78, 5) is 13.2. The fourth-order valence-corrected chi connectivity index (χ4v) is 4.37. The molecule has 0 unspecified atom stereocenters. The Kier molecular flexibility index (Phi) is 3.80. The first kappa shape index (κ1) is 17.7. The zero-order chi connectivity index (χ0) is 19.5. The Balaban J connectivity index is 1.49. The highest BCUT2D eigenvalue weighted by Gasteiger charge is 2.50. The minimum absolute atomic E-state index is 0.0302. The highest BCUT2D eigenvalue weighted by Crippen LogP contribution is 2.47. The Morgan fingerprint density at radius 3 is 2.57 bits per heavy atom. The van der Waals surface area contributed by atoms with Crippen LogP contribution >= 0.6 is 0 Å². The van der Waals surface area contributed by atoms with Gasteiger partial charge in [0, 0.05) is 23.0 Å². The first-order chi connectivity index (χ1) is 13.4. The maximum atomic E-state index is 13.2. The first-order valence-electron chi connectivity index (χ1n) is 9.76. The Morgan fingerprint density at radius 1 is 1.04 bits per heavy atom. The predicted molar refractivity (Wildman–Crippen MR) is 106 cm³/mol. The lowest BCUT2D eigenvalue weighted by Crippen LogP contribution is -2.43.